The zero-order valence-electron chi connectivity index (χ0n) is 10.9. The van der Waals surface area contributed by atoms with Gasteiger partial charge >= 0.3 is 6.09 Å². The molecule has 18 heavy (non-hydrogen) atoms. The van der Waals surface area contributed by atoms with Crippen molar-refractivity contribution >= 4 is 23.5 Å². The van der Waals surface area contributed by atoms with Crippen molar-refractivity contribution in [2.45, 2.75) is 26.3 Å². The highest BCUT2D eigenvalue weighted by Gasteiger charge is 2.39. The number of rotatable bonds is 6. The average Bonchev–Trinajstić information content (AvgIpc) is 2.84. The van der Waals surface area contributed by atoms with Crippen molar-refractivity contribution in [2.75, 3.05) is 32.2 Å². The van der Waals surface area contributed by atoms with Gasteiger partial charge in [-0.2, -0.15) is 0 Å². The molecule has 0 saturated carbocycles. The van der Waals surface area contributed by atoms with Crippen LogP contribution in [-0.2, 0) is 14.3 Å². The first-order valence-electron chi connectivity index (χ1n) is 6.25. The molecule has 6 heteroatoms. The van der Waals surface area contributed by atoms with Gasteiger partial charge in [0.1, 0.15) is 0 Å². The molecule has 1 rings (SSSR count). The van der Waals surface area contributed by atoms with E-state index in [9.17, 15) is 9.59 Å². The van der Waals surface area contributed by atoms with Gasteiger partial charge in [0.25, 0.3) is 0 Å². The Morgan fingerprint density at radius 3 is 2.67 bits per heavy atom. The second-order valence-corrected chi connectivity index (χ2v) is 4.47. The van der Waals surface area contributed by atoms with Gasteiger partial charge < -0.3 is 14.4 Å². The number of carbonyl (C=O) groups is 2. The first kappa shape index (κ1) is 15.2. The van der Waals surface area contributed by atoms with E-state index in [4.69, 9.17) is 21.1 Å². The van der Waals surface area contributed by atoms with Crippen LogP contribution in [0, 0.1) is 5.92 Å². The van der Waals surface area contributed by atoms with Crippen LogP contribution < -0.4 is 0 Å². The van der Waals surface area contributed by atoms with E-state index < -0.39 is 0 Å². The molecule has 104 valence electrons. The topological polar surface area (TPSA) is 55.8 Å². The van der Waals surface area contributed by atoms with Gasteiger partial charge in [-0.3, -0.25) is 4.79 Å². The number of ketones is 1. The van der Waals surface area contributed by atoms with Crippen LogP contribution in [0.5, 0.6) is 0 Å². The Labute approximate surface area is 112 Å². The Balaban J connectivity index is 2.77. The van der Waals surface area contributed by atoms with E-state index in [1.807, 2.05) is 6.92 Å². The molecular weight excluding hydrogens is 258 g/mol. The fourth-order valence-corrected chi connectivity index (χ4v) is 2.29. The Bertz CT molecular complexity index is 298. The molecule has 1 aliphatic rings. The second kappa shape index (κ2) is 7.59. The third kappa shape index (κ3) is 3.59. The number of ether oxygens (including phenoxy) is 2. The zero-order valence-corrected chi connectivity index (χ0v) is 11.6. The van der Waals surface area contributed by atoms with Gasteiger partial charge in [-0.15, -0.1) is 11.6 Å². The SMILES string of the molecule is CCCN(C(=O)OCC)C1COCC1C(=O)CCl. The number of amides is 1. The number of hydrogen-bond donors (Lipinski definition) is 0. The lowest BCUT2D eigenvalue weighted by molar-refractivity contribution is -0.121. The first-order chi connectivity index (χ1) is 8.65. The number of hydrogen-bond acceptors (Lipinski definition) is 4. The molecule has 0 bridgehead atoms. The van der Waals surface area contributed by atoms with E-state index in [0.29, 0.717) is 26.4 Å². The maximum absolute atomic E-state index is 11.9. The number of Topliss-reactive ketones (excluding diaryl/α,β-unsaturated/α-hetero) is 1. The Morgan fingerprint density at radius 2 is 2.11 bits per heavy atom. The molecule has 0 aromatic carbocycles. The molecule has 0 spiro atoms. The Morgan fingerprint density at radius 1 is 1.39 bits per heavy atom. The molecule has 1 heterocycles. The van der Waals surface area contributed by atoms with E-state index in [1.165, 1.54) is 0 Å². The summed E-state index contributed by atoms with van der Waals surface area (Å²) in [5, 5.41) is 0. The minimum atomic E-state index is -0.387. The number of halogens is 1. The molecule has 0 aliphatic carbocycles. The summed E-state index contributed by atoms with van der Waals surface area (Å²) in [5.41, 5.74) is 0. The van der Waals surface area contributed by atoms with Gasteiger partial charge in [0, 0.05) is 6.54 Å². The minimum absolute atomic E-state index is 0.0483. The van der Waals surface area contributed by atoms with Crippen LogP contribution in [0.25, 0.3) is 0 Å². The quantitative estimate of drug-likeness (QED) is 0.693. The van der Waals surface area contributed by atoms with Crippen molar-refractivity contribution < 1.29 is 19.1 Å². The maximum Gasteiger partial charge on any atom is 0.410 e. The number of alkyl halides is 1. The molecule has 1 saturated heterocycles. The molecule has 1 aliphatic heterocycles. The summed E-state index contributed by atoms with van der Waals surface area (Å²) in [6, 6.07) is -0.254. The third-order valence-electron chi connectivity index (χ3n) is 2.96. The van der Waals surface area contributed by atoms with Crippen molar-refractivity contribution in [2.24, 2.45) is 5.92 Å². The molecule has 0 aromatic heterocycles. The van der Waals surface area contributed by atoms with Crippen LogP contribution in [0.15, 0.2) is 0 Å². The summed E-state index contributed by atoms with van der Waals surface area (Å²) < 4.78 is 10.3. The summed E-state index contributed by atoms with van der Waals surface area (Å²) in [6.07, 6.45) is 0.416. The van der Waals surface area contributed by atoms with Gasteiger partial charge in [-0.25, -0.2) is 4.79 Å². The highest BCUT2D eigenvalue weighted by Crippen LogP contribution is 2.22. The minimum Gasteiger partial charge on any atom is -0.450 e. The summed E-state index contributed by atoms with van der Waals surface area (Å²) in [6.45, 7) is 5.30. The Kier molecular flexibility index (Phi) is 6.43. The van der Waals surface area contributed by atoms with E-state index in [0.717, 1.165) is 6.42 Å². The van der Waals surface area contributed by atoms with Gasteiger partial charge in [0.05, 0.1) is 37.7 Å². The van der Waals surface area contributed by atoms with E-state index >= 15 is 0 Å². The van der Waals surface area contributed by atoms with Crippen molar-refractivity contribution in [1.29, 1.82) is 0 Å². The highest BCUT2D eigenvalue weighted by atomic mass is 35.5. The zero-order chi connectivity index (χ0) is 13.5. The summed E-state index contributed by atoms with van der Waals surface area (Å²) in [7, 11) is 0. The molecule has 0 N–H and O–H groups in total. The molecule has 2 atom stereocenters. The van der Waals surface area contributed by atoms with Gasteiger partial charge in [0.15, 0.2) is 5.78 Å². The van der Waals surface area contributed by atoms with E-state index in [1.54, 1.807) is 11.8 Å². The fourth-order valence-electron chi connectivity index (χ4n) is 2.10. The average molecular weight is 278 g/mol. The third-order valence-corrected chi connectivity index (χ3v) is 3.23. The van der Waals surface area contributed by atoms with Crippen LogP contribution in [0.4, 0.5) is 4.79 Å². The smallest absolute Gasteiger partial charge is 0.410 e. The molecule has 2 unspecified atom stereocenters. The monoisotopic (exact) mass is 277 g/mol. The van der Waals surface area contributed by atoms with Crippen LogP contribution in [0.1, 0.15) is 20.3 Å². The molecule has 1 fully saturated rings. The summed E-state index contributed by atoms with van der Waals surface area (Å²) in [5.74, 6) is -0.462. The normalized spacial score (nSPS) is 22.8. The van der Waals surface area contributed by atoms with E-state index in [-0.39, 0.29) is 29.7 Å². The van der Waals surface area contributed by atoms with Crippen LogP contribution in [0.3, 0.4) is 0 Å². The van der Waals surface area contributed by atoms with Crippen LogP contribution >= 0.6 is 11.6 Å². The molecule has 0 aromatic rings. The van der Waals surface area contributed by atoms with Crippen molar-refractivity contribution in [3.8, 4) is 0 Å². The number of carbonyl (C=O) groups excluding carboxylic acids is 2. The Hall–Kier alpha value is -0.810. The van der Waals surface area contributed by atoms with E-state index in [2.05, 4.69) is 0 Å². The molecule has 1 amide bonds. The standard InChI is InChI=1S/C12H20ClNO4/c1-3-5-14(12(16)18-4-2)10-8-17-7-9(10)11(15)6-13/h9-10H,3-8H2,1-2H3. The lowest BCUT2D eigenvalue weighted by Crippen LogP contribution is -2.47. The van der Waals surface area contributed by atoms with Crippen molar-refractivity contribution in [1.82, 2.24) is 4.90 Å². The lowest BCUT2D eigenvalue weighted by atomic mass is 9.98. The highest BCUT2D eigenvalue weighted by molar-refractivity contribution is 6.28. The predicted octanol–water partition coefficient (Wildman–Crippen LogP) is 1.68. The molecule has 5 nitrogen and oxygen atoms in total. The fraction of sp³-hybridized carbons (Fsp3) is 0.833. The van der Waals surface area contributed by atoms with Crippen molar-refractivity contribution in [3.05, 3.63) is 0 Å². The molecular formula is C12H20ClNO4. The summed E-state index contributed by atoms with van der Waals surface area (Å²) >= 11 is 5.58. The summed E-state index contributed by atoms with van der Waals surface area (Å²) in [4.78, 5) is 25.2. The lowest BCUT2D eigenvalue weighted by Gasteiger charge is -2.29. The number of nitrogens with zero attached hydrogens (tertiary/aromatic N) is 1. The first-order valence-corrected chi connectivity index (χ1v) is 6.78. The van der Waals surface area contributed by atoms with Crippen LogP contribution in [0.2, 0.25) is 0 Å². The largest absolute Gasteiger partial charge is 0.450 e. The van der Waals surface area contributed by atoms with Crippen molar-refractivity contribution in [3.63, 3.8) is 0 Å². The van der Waals surface area contributed by atoms with Gasteiger partial charge in [-0.1, -0.05) is 6.92 Å². The predicted molar refractivity (Wildman–Crippen MR) is 67.8 cm³/mol. The molecule has 0 radical (unpaired) electrons. The van der Waals surface area contributed by atoms with Gasteiger partial charge in [0.2, 0.25) is 0 Å². The second-order valence-electron chi connectivity index (χ2n) is 4.20. The van der Waals surface area contributed by atoms with Crippen LogP contribution in [-0.4, -0.2) is 55.1 Å². The van der Waals surface area contributed by atoms with Gasteiger partial charge in [-0.05, 0) is 13.3 Å². The maximum atomic E-state index is 11.9.